The van der Waals surface area contributed by atoms with Gasteiger partial charge < -0.3 is 4.90 Å². The molecule has 2 heterocycles. The van der Waals surface area contributed by atoms with E-state index >= 15 is 0 Å². The lowest BCUT2D eigenvalue weighted by atomic mass is 10.0. The topological polar surface area (TPSA) is 83.6 Å². The summed E-state index contributed by atoms with van der Waals surface area (Å²) in [6.07, 6.45) is -0.0285. The summed E-state index contributed by atoms with van der Waals surface area (Å²) in [5.41, 5.74) is 3.77. The molecular weight excluding hydrogens is 408 g/mol. The van der Waals surface area contributed by atoms with E-state index < -0.39 is 21.8 Å². The Morgan fingerprint density at radius 1 is 1.22 bits per heavy atom. The van der Waals surface area contributed by atoms with Gasteiger partial charge in [0.1, 0.15) is 4.21 Å². The van der Waals surface area contributed by atoms with Gasteiger partial charge in [-0.3, -0.25) is 9.59 Å². The zero-order valence-electron chi connectivity index (χ0n) is 15.1. The number of carbonyl (C=O) groups is 2. The fourth-order valence-electron chi connectivity index (χ4n) is 3.41. The van der Waals surface area contributed by atoms with Crippen LogP contribution < -0.4 is 9.62 Å². The largest absolute Gasteiger partial charge is 0.311 e. The molecule has 1 atom stereocenters. The number of hydrogen-bond acceptors (Lipinski definition) is 5. The number of carbonyl (C=O) groups excluding carboxylic acids is 2. The predicted molar refractivity (Wildman–Crippen MR) is 106 cm³/mol. The molecule has 27 heavy (non-hydrogen) atoms. The molecule has 144 valence electrons. The minimum Gasteiger partial charge on any atom is -0.311 e. The van der Waals surface area contributed by atoms with Crippen molar-refractivity contribution in [3.05, 3.63) is 45.3 Å². The third-order valence-electron chi connectivity index (χ3n) is 4.45. The maximum Gasteiger partial charge on any atom is 0.273 e. The Morgan fingerprint density at radius 3 is 2.41 bits per heavy atom. The van der Waals surface area contributed by atoms with Crippen molar-refractivity contribution >= 4 is 50.5 Å². The molecule has 1 aliphatic rings. The lowest BCUT2D eigenvalue weighted by Crippen LogP contribution is -2.36. The summed E-state index contributed by atoms with van der Waals surface area (Å²) in [4.78, 5) is 26.6. The quantitative estimate of drug-likeness (QED) is 0.813. The maximum atomic E-state index is 12.5. The number of nitrogens with one attached hydrogen (secondary N) is 1. The third-order valence-corrected chi connectivity index (χ3v) is 7.52. The smallest absolute Gasteiger partial charge is 0.273 e. The standard InChI is InChI=1S/C18H19ClN2O4S2/c1-10-6-11(2)17(12(3)7-10)21-9-13(8-15(21)22)18(23)20-27(24,25)16-5-4-14(19)26-16/h4-7,13H,8-9H2,1-3H3,(H,20,23). The van der Waals surface area contributed by atoms with Gasteiger partial charge in [-0.25, -0.2) is 13.1 Å². The molecule has 0 radical (unpaired) electrons. The van der Waals surface area contributed by atoms with Gasteiger partial charge in [0.2, 0.25) is 11.8 Å². The monoisotopic (exact) mass is 426 g/mol. The normalized spacial score (nSPS) is 17.4. The Bertz CT molecular complexity index is 1010. The average Bonchev–Trinajstić information content (AvgIpc) is 3.13. The Hall–Kier alpha value is -1.90. The summed E-state index contributed by atoms with van der Waals surface area (Å²) in [5, 5.41) is 0. The first kappa shape index (κ1) is 19.9. The fraction of sp³-hybridized carbons (Fsp3) is 0.333. The number of nitrogens with zero attached hydrogens (tertiary/aromatic N) is 1. The Morgan fingerprint density at radius 2 is 1.85 bits per heavy atom. The van der Waals surface area contributed by atoms with Gasteiger partial charge in [-0.05, 0) is 44.0 Å². The lowest BCUT2D eigenvalue weighted by molar-refractivity contribution is -0.124. The molecule has 1 aliphatic heterocycles. The van der Waals surface area contributed by atoms with Crippen LogP contribution in [-0.2, 0) is 19.6 Å². The molecule has 2 amide bonds. The van der Waals surface area contributed by atoms with E-state index in [0.717, 1.165) is 33.7 Å². The summed E-state index contributed by atoms with van der Waals surface area (Å²) < 4.78 is 27.0. The molecule has 2 aromatic rings. The molecule has 1 unspecified atom stereocenters. The van der Waals surface area contributed by atoms with Crippen molar-refractivity contribution in [1.82, 2.24) is 4.72 Å². The maximum absolute atomic E-state index is 12.5. The zero-order valence-corrected chi connectivity index (χ0v) is 17.5. The summed E-state index contributed by atoms with van der Waals surface area (Å²) in [7, 11) is -3.99. The highest BCUT2D eigenvalue weighted by atomic mass is 35.5. The zero-order chi connectivity index (χ0) is 19.9. The summed E-state index contributed by atoms with van der Waals surface area (Å²) >= 11 is 6.63. The molecule has 1 aromatic carbocycles. The van der Waals surface area contributed by atoms with Crippen molar-refractivity contribution in [3.8, 4) is 0 Å². The number of rotatable bonds is 4. The van der Waals surface area contributed by atoms with E-state index in [2.05, 4.69) is 4.72 Å². The van der Waals surface area contributed by atoms with Crippen molar-refractivity contribution in [2.45, 2.75) is 31.4 Å². The number of amides is 2. The van der Waals surface area contributed by atoms with E-state index in [1.165, 1.54) is 12.1 Å². The van der Waals surface area contributed by atoms with E-state index in [1.54, 1.807) is 4.90 Å². The summed E-state index contributed by atoms with van der Waals surface area (Å²) in [6.45, 7) is 5.96. The van der Waals surface area contributed by atoms with Gasteiger partial charge in [0.05, 0.1) is 10.3 Å². The predicted octanol–water partition coefficient (Wildman–Crippen LogP) is 3.18. The van der Waals surface area contributed by atoms with E-state index in [1.807, 2.05) is 32.9 Å². The number of thiophene rings is 1. The van der Waals surface area contributed by atoms with Gasteiger partial charge in [0.25, 0.3) is 10.0 Å². The molecule has 0 spiro atoms. The van der Waals surface area contributed by atoms with Crippen LogP contribution in [0.2, 0.25) is 4.34 Å². The molecule has 0 aliphatic carbocycles. The Labute approximate surface area is 167 Å². The molecule has 1 saturated heterocycles. The summed E-state index contributed by atoms with van der Waals surface area (Å²) in [6, 6.07) is 6.75. The van der Waals surface area contributed by atoms with Gasteiger partial charge in [-0.1, -0.05) is 29.3 Å². The molecule has 3 rings (SSSR count). The van der Waals surface area contributed by atoms with Crippen molar-refractivity contribution in [1.29, 1.82) is 0 Å². The van der Waals surface area contributed by atoms with Gasteiger partial charge in [-0.15, -0.1) is 11.3 Å². The fourth-order valence-corrected chi connectivity index (χ4v) is 5.93. The molecular formula is C18H19ClN2O4S2. The SMILES string of the molecule is Cc1cc(C)c(N2CC(C(=O)NS(=O)(=O)c3ccc(Cl)s3)CC2=O)c(C)c1. The van der Waals surface area contributed by atoms with Crippen LogP contribution in [0.4, 0.5) is 5.69 Å². The molecule has 0 saturated carbocycles. The van der Waals surface area contributed by atoms with Gasteiger partial charge in [-0.2, -0.15) is 0 Å². The van der Waals surface area contributed by atoms with Crippen molar-refractivity contribution in [3.63, 3.8) is 0 Å². The van der Waals surface area contributed by atoms with Crippen molar-refractivity contribution in [2.24, 2.45) is 5.92 Å². The van der Waals surface area contributed by atoms with Crippen molar-refractivity contribution < 1.29 is 18.0 Å². The van der Waals surface area contributed by atoms with Crippen LogP contribution in [0.5, 0.6) is 0 Å². The number of sulfonamides is 1. The van der Waals surface area contributed by atoms with Gasteiger partial charge in [0.15, 0.2) is 0 Å². The highest BCUT2D eigenvalue weighted by Crippen LogP contribution is 2.32. The molecule has 6 nitrogen and oxygen atoms in total. The van der Waals surface area contributed by atoms with E-state index in [9.17, 15) is 18.0 Å². The van der Waals surface area contributed by atoms with Crippen molar-refractivity contribution in [2.75, 3.05) is 11.4 Å². The van der Waals surface area contributed by atoms with Crippen LogP contribution in [0.3, 0.4) is 0 Å². The van der Waals surface area contributed by atoms with Crippen LogP contribution in [0, 0.1) is 26.7 Å². The van der Waals surface area contributed by atoms with Crippen LogP contribution >= 0.6 is 22.9 Å². The second kappa shape index (κ2) is 7.26. The molecule has 1 N–H and O–H groups in total. The number of benzene rings is 1. The highest BCUT2D eigenvalue weighted by molar-refractivity contribution is 7.92. The minimum atomic E-state index is -3.99. The average molecular weight is 427 g/mol. The van der Waals surface area contributed by atoms with E-state index in [-0.39, 0.29) is 23.1 Å². The first-order valence-corrected chi connectivity index (χ1v) is 11.0. The van der Waals surface area contributed by atoms with Crippen LogP contribution in [-0.4, -0.2) is 26.8 Å². The molecule has 1 fully saturated rings. The highest BCUT2D eigenvalue weighted by Gasteiger charge is 2.38. The van der Waals surface area contributed by atoms with Crippen LogP contribution in [0.1, 0.15) is 23.1 Å². The Balaban J connectivity index is 1.79. The molecule has 1 aromatic heterocycles. The third kappa shape index (κ3) is 4.02. The van der Waals surface area contributed by atoms with Crippen LogP contribution in [0.25, 0.3) is 0 Å². The number of anilines is 1. The number of hydrogen-bond donors (Lipinski definition) is 1. The van der Waals surface area contributed by atoms with Gasteiger partial charge >= 0.3 is 0 Å². The van der Waals surface area contributed by atoms with Crippen LogP contribution in [0.15, 0.2) is 28.5 Å². The number of aryl methyl sites for hydroxylation is 3. The summed E-state index contributed by atoms with van der Waals surface area (Å²) in [5.74, 6) is -1.61. The first-order chi connectivity index (χ1) is 12.6. The lowest BCUT2D eigenvalue weighted by Gasteiger charge is -2.22. The second-order valence-electron chi connectivity index (χ2n) is 6.68. The molecule has 0 bridgehead atoms. The second-order valence-corrected chi connectivity index (χ2v) is 10.3. The molecule has 9 heteroatoms. The first-order valence-electron chi connectivity index (χ1n) is 8.28. The van der Waals surface area contributed by atoms with E-state index in [4.69, 9.17) is 11.6 Å². The van der Waals surface area contributed by atoms with E-state index in [0.29, 0.717) is 4.34 Å². The Kier molecular flexibility index (Phi) is 5.33. The minimum absolute atomic E-state index is 0.0285. The number of halogens is 1. The van der Waals surface area contributed by atoms with Gasteiger partial charge in [0, 0.05) is 18.7 Å².